The number of rotatable bonds is 9. The SMILES string of the molecule is CCCCN(C(=O)Cc1ccc(OC)cc1)C(C)c1nc2ccccc2c(=O)n1-c1ccccc1C. The van der Waals surface area contributed by atoms with Crippen LogP contribution in [0.4, 0.5) is 0 Å². The molecule has 1 amide bonds. The lowest BCUT2D eigenvalue weighted by atomic mass is 10.1. The molecule has 0 spiro atoms. The molecule has 1 unspecified atom stereocenters. The molecule has 0 aliphatic heterocycles. The summed E-state index contributed by atoms with van der Waals surface area (Å²) >= 11 is 0. The molecule has 1 atom stereocenters. The number of amides is 1. The van der Waals surface area contributed by atoms with Crippen molar-refractivity contribution in [3.05, 3.63) is 100 Å². The molecule has 0 saturated carbocycles. The minimum absolute atomic E-state index is 0.000131. The van der Waals surface area contributed by atoms with E-state index in [1.807, 2.05) is 85.5 Å². The van der Waals surface area contributed by atoms with Gasteiger partial charge in [-0.1, -0.05) is 55.8 Å². The number of para-hydroxylation sites is 2. The van der Waals surface area contributed by atoms with Crippen molar-refractivity contribution in [2.75, 3.05) is 13.7 Å². The second-order valence-corrected chi connectivity index (χ2v) is 9.06. The Bertz CT molecular complexity index is 1410. The number of carbonyl (C=O) groups excluding carboxylic acids is 1. The number of ether oxygens (including phenoxy) is 1. The maximum atomic E-state index is 13.8. The third-order valence-corrected chi connectivity index (χ3v) is 6.59. The molecule has 0 aliphatic rings. The molecule has 0 fully saturated rings. The number of fused-ring (bicyclic) bond motifs is 1. The van der Waals surface area contributed by atoms with Gasteiger partial charge in [0, 0.05) is 6.54 Å². The van der Waals surface area contributed by atoms with E-state index in [1.165, 1.54) is 0 Å². The van der Waals surface area contributed by atoms with Crippen molar-refractivity contribution in [2.45, 2.75) is 46.1 Å². The van der Waals surface area contributed by atoms with Gasteiger partial charge in [-0.05, 0) is 61.7 Å². The fraction of sp³-hybridized carbons (Fsp3) is 0.300. The Morgan fingerprint density at radius 2 is 1.72 bits per heavy atom. The highest BCUT2D eigenvalue weighted by atomic mass is 16.5. The normalized spacial score (nSPS) is 11.9. The fourth-order valence-electron chi connectivity index (χ4n) is 4.50. The molecule has 4 rings (SSSR count). The first-order chi connectivity index (χ1) is 17.4. The van der Waals surface area contributed by atoms with E-state index in [9.17, 15) is 9.59 Å². The van der Waals surface area contributed by atoms with E-state index < -0.39 is 6.04 Å². The lowest BCUT2D eigenvalue weighted by molar-refractivity contribution is -0.132. The van der Waals surface area contributed by atoms with Gasteiger partial charge < -0.3 is 9.64 Å². The average molecular weight is 484 g/mol. The van der Waals surface area contributed by atoms with Crippen LogP contribution in [0.2, 0.25) is 0 Å². The smallest absolute Gasteiger partial charge is 0.266 e. The van der Waals surface area contributed by atoms with E-state index in [0.717, 1.165) is 35.4 Å². The molecule has 0 radical (unpaired) electrons. The molecular formula is C30H33N3O3. The van der Waals surface area contributed by atoms with Gasteiger partial charge in [-0.25, -0.2) is 4.98 Å². The first kappa shape index (κ1) is 25.2. The molecule has 4 aromatic rings. The van der Waals surface area contributed by atoms with E-state index in [-0.39, 0.29) is 17.9 Å². The number of nitrogens with zero attached hydrogens (tertiary/aromatic N) is 3. The van der Waals surface area contributed by atoms with Gasteiger partial charge in [0.2, 0.25) is 5.91 Å². The molecule has 3 aromatic carbocycles. The minimum atomic E-state index is -0.404. The second-order valence-electron chi connectivity index (χ2n) is 9.06. The monoisotopic (exact) mass is 483 g/mol. The number of hydrogen-bond acceptors (Lipinski definition) is 4. The number of methoxy groups -OCH3 is 1. The average Bonchev–Trinajstić information content (AvgIpc) is 2.90. The van der Waals surface area contributed by atoms with Crippen LogP contribution in [0.25, 0.3) is 16.6 Å². The Morgan fingerprint density at radius 3 is 2.42 bits per heavy atom. The number of unbranched alkanes of at least 4 members (excludes halogenated alkanes) is 1. The minimum Gasteiger partial charge on any atom is -0.497 e. The summed E-state index contributed by atoms with van der Waals surface area (Å²) in [6.07, 6.45) is 2.08. The van der Waals surface area contributed by atoms with Gasteiger partial charge in [-0.3, -0.25) is 14.2 Å². The van der Waals surface area contributed by atoms with Gasteiger partial charge in [0.05, 0.1) is 36.2 Å². The second kappa shape index (κ2) is 11.2. The van der Waals surface area contributed by atoms with Gasteiger partial charge in [-0.2, -0.15) is 0 Å². The molecule has 0 N–H and O–H groups in total. The van der Waals surface area contributed by atoms with E-state index in [1.54, 1.807) is 17.7 Å². The third kappa shape index (κ3) is 5.18. The summed E-state index contributed by atoms with van der Waals surface area (Å²) in [5.41, 5.74) is 3.16. The number of aromatic nitrogens is 2. The topological polar surface area (TPSA) is 64.4 Å². The first-order valence-corrected chi connectivity index (χ1v) is 12.4. The Hall–Kier alpha value is -3.93. The predicted octanol–water partition coefficient (Wildman–Crippen LogP) is 5.64. The van der Waals surface area contributed by atoms with Crippen LogP contribution < -0.4 is 10.3 Å². The fourth-order valence-corrected chi connectivity index (χ4v) is 4.50. The molecule has 1 heterocycles. The summed E-state index contributed by atoms with van der Waals surface area (Å²) in [5.74, 6) is 1.32. The zero-order chi connectivity index (χ0) is 25.7. The number of aryl methyl sites for hydroxylation is 1. The summed E-state index contributed by atoms with van der Waals surface area (Å²) in [6, 6.07) is 22.3. The molecule has 0 aliphatic carbocycles. The molecule has 1 aromatic heterocycles. The summed E-state index contributed by atoms with van der Waals surface area (Å²) in [7, 11) is 1.62. The number of carbonyl (C=O) groups is 1. The number of benzene rings is 3. The summed E-state index contributed by atoms with van der Waals surface area (Å²) in [6.45, 7) is 6.64. The summed E-state index contributed by atoms with van der Waals surface area (Å²) in [5, 5.41) is 0.557. The summed E-state index contributed by atoms with van der Waals surface area (Å²) < 4.78 is 6.93. The maximum Gasteiger partial charge on any atom is 0.266 e. The molecule has 186 valence electrons. The summed E-state index contributed by atoms with van der Waals surface area (Å²) in [4.78, 5) is 34.2. The molecule has 0 bridgehead atoms. The third-order valence-electron chi connectivity index (χ3n) is 6.59. The highest BCUT2D eigenvalue weighted by Gasteiger charge is 2.27. The van der Waals surface area contributed by atoms with Gasteiger partial charge in [0.1, 0.15) is 11.6 Å². The Labute approximate surface area is 212 Å². The largest absolute Gasteiger partial charge is 0.497 e. The zero-order valence-electron chi connectivity index (χ0n) is 21.4. The van der Waals surface area contributed by atoms with Crippen LogP contribution in [0.15, 0.2) is 77.6 Å². The van der Waals surface area contributed by atoms with Crippen molar-refractivity contribution in [1.29, 1.82) is 0 Å². The van der Waals surface area contributed by atoms with Crippen LogP contribution in [0.5, 0.6) is 5.75 Å². The predicted molar refractivity (Wildman–Crippen MR) is 144 cm³/mol. The number of hydrogen-bond donors (Lipinski definition) is 0. The van der Waals surface area contributed by atoms with Crippen molar-refractivity contribution in [3.8, 4) is 11.4 Å². The molecule has 6 heteroatoms. The highest BCUT2D eigenvalue weighted by molar-refractivity contribution is 5.80. The maximum absolute atomic E-state index is 13.8. The van der Waals surface area contributed by atoms with Gasteiger partial charge >= 0.3 is 0 Å². The Balaban J connectivity index is 1.80. The van der Waals surface area contributed by atoms with Crippen LogP contribution in [-0.4, -0.2) is 34.0 Å². The first-order valence-electron chi connectivity index (χ1n) is 12.4. The van der Waals surface area contributed by atoms with Gasteiger partial charge in [-0.15, -0.1) is 0 Å². The zero-order valence-corrected chi connectivity index (χ0v) is 21.4. The van der Waals surface area contributed by atoms with E-state index in [0.29, 0.717) is 23.3 Å². The van der Waals surface area contributed by atoms with E-state index in [2.05, 4.69) is 6.92 Å². The van der Waals surface area contributed by atoms with Crippen LogP contribution in [0.3, 0.4) is 0 Å². The van der Waals surface area contributed by atoms with E-state index in [4.69, 9.17) is 9.72 Å². The van der Waals surface area contributed by atoms with Crippen molar-refractivity contribution in [3.63, 3.8) is 0 Å². The Kier molecular flexibility index (Phi) is 7.84. The van der Waals surface area contributed by atoms with Crippen molar-refractivity contribution < 1.29 is 9.53 Å². The molecule has 6 nitrogen and oxygen atoms in total. The van der Waals surface area contributed by atoms with Crippen LogP contribution in [0, 0.1) is 6.92 Å². The molecule has 36 heavy (non-hydrogen) atoms. The lowest BCUT2D eigenvalue weighted by Crippen LogP contribution is -2.39. The molecular weight excluding hydrogens is 450 g/mol. The van der Waals surface area contributed by atoms with Gasteiger partial charge in [0.25, 0.3) is 5.56 Å². The molecule has 0 saturated heterocycles. The Morgan fingerprint density at radius 1 is 1.03 bits per heavy atom. The quantitative estimate of drug-likeness (QED) is 0.309. The highest BCUT2D eigenvalue weighted by Crippen LogP contribution is 2.25. The van der Waals surface area contributed by atoms with Crippen molar-refractivity contribution in [2.24, 2.45) is 0 Å². The van der Waals surface area contributed by atoms with Crippen molar-refractivity contribution >= 4 is 16.8 Å². The van der Waals surface area contributed by atoms with Crippen molar-refractivity contribution in [1.82, 2.24) is 14.5 Å². The van der Waals surface area contributed by atoms with Gasteiger partial charge in [0.15, 0.2) is 0 Å². The van der Waals surface area contributed by atoms with Crippen LogP contribution in [-0.2, 0) is 11.2 Å². The van der Waals surface area contributed by atoms with E-state index >= 15 is 0 Å². The van der Waals surface area contributed by atoms with Crippen LogP contribution >= 0.6 is 0 Å². The standard InChI is InChI=1S/C30H33N3O3/c1-5-6-19-32(28(34)20-23-15-17-24(36-4)18-16-23)22(3)29-31-26-13-9-8-12-25(26)30(35)33(29)27-14-10-7-11-21(27)2/h7-18,22H,5-6,19-20H2,1-4H3. The lowest BCUT2D eigenvalue weighted by Gasteiger charge is -2.31. The van der Waals surface area contributed by atoms with Crippen LogP contribution in [0.1, 0.15) is 49.7 Å².